The minimum absolute atomic E-state index is 0.230. The molecular formula is C17H14N4O4. The van der Waals surface area contributed by atoms with Gasteiger partial charge in [-0.2, -0.15) is 0 Å². The Bertz CT molecular complexity index is 1030. The quantitative estimate of drug-likeness (QED) is 0.596. The lowest BCUT2D eigenvalue weighted by Crippen LogP contribution is -2.12. The summed E-state index contributed by atoms with van der Waals surface area (Å²) in [4.78, 5) is 24.9. The Labute approximate surface area is 141 Å². The van der Waals surface area contributed by atoms with Crippen LogP contribution < -0.4 is 0 Å². The maximum Gasteiger partial charge on any atom is 0.323 e. The topological polar surface area (TPSA) is 107 Å². The molecule has 0 saturated heterocycles. The molecule has 4 heterocycles. The van der Waals surface area contributed by atoms with Crippen molar-refractivity contribution < 1.29 is 18.7 Å². The number of aromatic nitrogens is 4. The molecule has 4 aromatic heterocycles. The van der Waals surface area contributed by atoms with Gasteiger partial charge in [-0.25, -0.2) is 15.0 Å². The Kier molecular flexibility index (Phi) is 3.57. The van der Waals surface area contributed by atoms with E-state index >= 15 is 0 Å². The lowest BCUT2D eigenvalue weighted by atomic mass is 10.2. The highest BCUT2D eigenvalue weighted by atomic mass is 16.4. The Balaban J connectivity index is 2.05. The molecule has 0 saturated carbocycles. The number of hydrogen-bond donors (Lipinski definition) is 1. The molecule has 4 rings (SSSR count). The van der Waals surface area contributed by atoms with Crippen LogP contribution in [0.3, 0.4) is 0 Å². The second-order valence-electron chi connectivity index (χ2n) is 5.38. The van der Waals surface area contributed by atoms with Crippen molar-refractivity contribution in [3.05, 3.63) is 42.6 Å². The van der Waals surface area contributed by atoms with E-state index in [-0.39, 0.29) is 6.54 Å². The van der Waals surface area contributed by atoms with Gasteiger partial charge in [-0.05, 0) is 24.3 Å². The van der Waals surface area contributed by atoms with Crippen LogP contribution in [0.1, 0.15) is 12.7 Å². The first-order valence-electron chi connectivity index (χ1n) is 7.74. The van der Waals surface area contributed by atoms with E-state index in [0.29, 0.717) is 46.4 Å². The molecule has 8 nitrogen and oxygen atoms in total. The van der Waals surface area contributed by atoms with Crippen LogP contribution in [0.15, 0.2) is 45.6 Å². The minimum atomic E-state index is -0.966. The predicted octanol–water partition coefficient (Wildman–Crippen LogP) is 2.99. The summed E-state index contributed by atoms with van der Waals surface area (Å²) in [5, 5.41) is 9.24. The monoisotopic (exact) mass is 338 g/mol. The van der Waals surface area contributed by atoms with E-state index in [2.05, 4.69) is 15.0 Å². The van der Waals surface area contributed by atoms with Gasteiger partial charge in [0, 0.05) is 6.42 Å². The highest BCUT2D eigenvalue weighted by Gasteiger charge is 2.22. The third kappa shape index (κ3) is 2.57. The molecule has 1 N–H and O–H groups in total. The molecule has 0 aromatic carbocycles. The molecule has 0 fully saturated rings. The Hall–Kier alpha value is -3.42. The van der Waals surface area contributed by atoms with E-state index in [9.17, 15) is 9.90 Å². The Morgan fingerprint density at radius 3 is 2.44 bits per heavy atom. The molecule has 0 spiro atoms. The standard InChI is InChI=1S/C17H14N4O4/c1-2-12-18-15-14(10-5-3-7-24-10)19-16(11-6-4-8-25-11)20-17(15)21(12)9-13(22)23/h3-8H,2,9H2,1H3,(H,22,23). The van der Waals surface area contributed by atoms with Crippen molar-refractivity contribution in [1.29, 1.82) is 0 Å². The lowest BCUT2D eigenvalue weighted by molar-refractivity contribution is -0.137. The van der Waals surface area contributed by atoms with Gasteiger partial charge in [0.05, 0.1) is 12.5 Å². The SMILES string of the molecule is CCc1nc2c(-c3ccco3)nc(-c3ccco3)nc2n1CC(=O)O. The minimum Gasteiger partial charge on any atom is -0.480 e. The number of aliphatic carboxylic acids is 1. The highest BCUT2D eigenvalue weighted by Crippen LogP contribution is 2.30. The molecule has 0 bridgehead atoms. The summed E-state index contributed by atoms with van der Waals surface area (Å²) >= 11 is 0. The number of imidazole rings is 1. The number of fused-ring (bicyclic) bond motifs is 1. The van der Waals surface area contributed by atoms with Crippen LogP contribution in [0, 0.1) is 0 Å². The van der Waals surface area contributed by atoms with Gasteiger partial charge >= 0.3 is 5.97 Å². The van der Waals surface area contributed by atoms with E-state index < -0.39 is 5.97 Å². The van der Waals surface area contributed by atoms with Gasteiger partial charge in [0.25, 0.3) is 0 Å². The number of furan rings is 2. The van der Waals surface area contributed by atoms with Crippen molar-refractivity contribution in [2.24, 2.45) is 0 Å². The van der Waals surface area contributed by atoms with E-state index in [4.69, 9.17) is 8.83 Å². The summed E-state index contributed by atoms with van der Waals surface area (Å²) in [6, 6.07) is 7.01. The molecular weight excluding hydrogens is 324 g/mol. The molecule has 126 valence electrons. The van der Waals surface area contributed by atoms with Crippen LogP contribution >= 0.6 is 0 Å². The Morgan fingerprint density at radius 1 is 1.12 bits per heavy atom. The molecule has 0 aliphatic heterocycles. The molecule has 0 aliphatic carbocycles. The number of carboxylic acid groups (broad SMARTS) is 1. The van der Waals surface area contributed by atoms with E-state index in [1.165, 1.54) is 6.26 Å². The average Bonchev–Trinajstić information content (AvgIpc) is 3.35. The first kappa shape index (κ1) is 15.1. The molecule has 0 unspecified atom stereocenters. The number of carbonyl (C=O) groups is 1. The van der Waals surface area contributed by atoms with Gasteiger partial charge in [-0.15, -0.1) is 0 Å². The van der Waals surface area contributed by atoms with Gasteiger partial charge in [0.2, 0.25) is 0 Å². The van der Waals surface area contributed by atoms with Gasteiger partial charge in [-0.3, -0.25) is 4.79 Å². The first-order valence-corrected chi connectivity index (χ1v) is 7.74. The molecule has 8 heteroatoms. The zero-order valence-corrected chi connectivity index (χ0v) is 13.3. The second-order valence-corrected chi connectivity index (χ2v) is 5.38. The molecule has 0 aliphatic rings. The summed E-state index contributed by atoms with van der Waals surface area (Å²) in [5.74, 6) is 1.01. The van der Waals surface area contributed by atoms with E-state index in [1.54, 1.807) is 35.1 Å². The van der Waals surface area contributed by atoms with Crippen LogP contribution in [0.5, 0.6) is 0 Å². The molecule has 0 atom stereocenters. The maximum absolute atomic E-state index is 11.3. The van der Waals surface area contributed by atoms with Crippen LogP contribution in [0.25, 0.3) is 34.2 Å². The van der Waals surface area contributed by atoms with Gasteiger partial charge in [0.15, 0.2) is 23.0 Å². The average molecular weight is 338 g/mol. The number of aryl methyl sites for hydroxylation is 1. The maximum atomic E-state index is 11.3. The fourth-order valence-electron chi connectivity index (χ4n) is 2.72. The normalized spacial score (nSPS) is 11.2. The third-order valence-corrected chi connectivity index (χ3v) is 3.78. The lowest BCUT2D eigenvalue weighted by Gasteiger charge is -2.05. The number of carboxylic acids is 1. The Morgan fingerprint density at radius 2 is 1.84 bits per heavy atom. The van der Waals surface area contributed by atoms with Gasteiger partial charge < -0.3 is 18.5 Å². The number of nitrogens with zero attached hydrogens (tertiary/aromatic N) is 4. The summed E-state index contributed by atoms with van der Waals surface area (Å²) in [5.41, 5.74) is 1.44. The first-order chi connectivity index (χ1) is 12.2. The van der Waals surface area contributed by atoms with Crippen molar-refractivity contribution >= 4 is 17.1 Å². The zero-order valence-electron chi connectivity index (χ0n) is 13.3. The zero-order chi connectivity index (χ0) is 17.4. The summed E-state index contributed by atoms with van der Waals surface area (Å²) < 4.78 is 12.5. The molecule has 25 heavy (non-hydrogen) atoms. The molecule has 4 aromatic rings. The fourth-order valence-corrected chi connectivity index (χ4v) is 2.72. The smallest absolute Gasteiger partial charge is 0.323 e. The van der Waals surface area contributed by atoms with Crippen molar-refractivity contribution in [1.82, 2.24) is 19.5 Å². The number of hydrogen-bond acceptors (Lipinski definition) is 6. The van der Waals surface area contributed by atoms with Crippen LogP contribution in [0.2, 0.25) is 0 Å². The molecule has 0 amide bonds. The van der Waals surface area contributed by atoms with Crippen LogP contribution in [0.4, 0.5) is 0 Å². The van der Waals surface area contributed by atoms with E-state index in [0.717, 1.165) is 0 Å². The van der Waals surface area contributed by atoms with Crippen molar-refractivity contribution in [3.8, 4) is 23.0 Å². The van der Waals surface area contributed by atoms with E-state index in [1.807, 2.05) is 6.92 Å². The summed E-state index contributed by atoms with van der Waals surface area (Å²) in [6.45, 7) is 1.68. The summed E-state index contributed by atoms with van der Waals surface area (Å²) in [7, 11) is 0. The summed E-state index contributed by atoms with van der Waals surface area (Å²) in [6.07, 6.45) is 3.64. The highest BCUT2D eigenvalue weighted by molar-refractivity contribution is 5.88. The predicted molar refractivity (Wildman–Crippen MR) is 87.7 cm³/mol. The van der Waals surface area contributed by atoms with Crippen molar-refractivity contribution in [2.75, 3.05) is 0 Å². The van der Waals surface area contributed by atoms with Gasteiger partial charge in [0.1, 0.15) is 23.6 Å². The van der Waals surface area contributed by atoms with Crippen molar-refractivity contribution in [3.63, 3.8) is 0 Å². The number of rotatable bonds is 5. The largest absolute Gasteiger partial charge is 0.480 e. The fraction of sp³-hybridized carbons (Fsp3) is 0.176. The molecule has 0 radical (unpaired) electrons. The van der Waals surface area contributed by atoms with Crippen LogP contribution in [-0.4, -0.2) is 30.6 Å². The van der Waals surface area contributed by atoms with Crippen molar-refractivity contribution in [2.45, 2.75) is 19.9 Å². The van der Waals surface area contributed by atoms with Crippen LogP contribution in [-0.2, 0) is 17.8 Å². The third-order valence-electron chi connectivity index (χ3n) is 3.78. The second kappa shape index (κ2) is 5.90. The van der Waals surface area contributed by atoms with Gasteiger partial charge in [-0.1, -0.05) is 6.92 Å².